The zero-order valence-electron chi connectivity index (χ0n) is 16.7. The summed E-state index contributed by atoms with van der Waals surface area (Å²) in [5.41, 5.74) is 3.59. The Hall–Kier alpha value is -3.74. The zero-order valence-corrected chi connectivity index (χ0v) is 16.7. The first-order valence-corrected chi connectivity index (χ1v) is 9.64. The van der Waals surface area contributed by atoms with Crippen molar-refractivity contribution in [2.75, 3.05) is 11.9 Å². The van der Waals surface area contributed by atoms with Gasteiger partial charge in [-0.3, -0.25) is 9.59 Å². The van der Waals surface area contributed by atoms with Crippen LogP contribution in [-0.4, -0.2) is 34.6 Å². The van der Waals surface area contributed by atoms with Crippen molar-refractivity contribution in [1.29, 1.82) is 0 Å². The lowest BCUT2D eigenvalue weighted by atomic mass is 10.0. The highest BCUT2D eigenvalue weighted by Gasteiger charge is 2.37. The van der Waals surface area contributed by atoms with Crippen molar-refractivity contribution >= 4 is 17.8 Å². The number of anilines is 1. The zero-order chi connectivity index (χ0) is 21.1. The van der Waals surface area contributed by atoms with E-state index in [-0.39, 0.29) is 6.54 Å². The van der Waals surface area contributed by atoms with Gasteiger partial charge in [0.2, 0.25) is 0 Å². The Labute approximate surface area is 174 Å². The third-order valence-corrected chi connectivity index (χ3v) is 4.71. The second-order valence-electron chi connectivity index (χ2n) is 6.95. The number of esters is 2. The van der Waals surface area contributed by atoms with Crippen LogP contribution in [0.25, 0.3) is 22.5 Å². The summed E-state index contributed by atoms with van der Waals surface area (Å²) in [6, 6.07) is 19.4. The SMILES string of the molecule is CC(=O)OC1CNc2nc(-c3ccccc3)c(-c3ccccc3)nc2C1OC(C)=O. The summed E-state index contributed by atoms with van der Waals surface area (Å²) in [4.78, 5) is 33.0. The predicted molar refractivity (Wildman–Crippen MR) is 111 cm³/mol. The molecule has 0 amide bonds. The van der Waals surface area contributed by atoms with E-state index in [0.29, 0.717) is 22.9 Å². The number of nitrogens with one attached hydrogen (secondary N) is 1. The van der Waals surface area contributed by atoms with Gasteiger partial charge in [0, 0.05) is 25.0 Å². The quantitative estimate of drug-likeness (QED) is 0.663. The summed E-state index contributed by atoms with van der Waals surface area (Å²) < 4.78 is 10.9. The molecular formula is C23H21N3O4. The molecule has 3 aromatic rings. The van der Waals surface area contributed by atoms with E-state index >= 15 is 0 Å². The lowest BCUT2D eigenvalue weighted by molar-refractivity contribution is -0.165. The fourth-order valence-corrected chi connectivity index (χ4v) is 3.48. The number of benzene rings is 2. The van der Waals surface area contributed by atoms with Crippen LogP contribution in [0.5, 0.6) is 0 Å². The third kappa shape index (κ3) is 4.00. The van der Waals surface area contributed by atoms with Crippen molar-refractivity contribution in [3.63, 3.8) is 0 Å². The Morgan fingerprint density at radius 1 is 0.833 bits per heavy atom. The Morgan fingerprint density at radius 2 is 1.37 bits per heavy atom. The molecule has 0 bridgehead atoms. The largest absolute Gasteiger partial charge is 0.456 e. The van der Waals surface area contributed by atoms with Crippen LogP contribution in [-0.2, 0) is 19.1 Å². The second-order valence-corrected chi connectivity index (χ2v) is 6.95. The van der Waals surface area contributed by atoms with Crippen LogP contribution < -0.4 is 5.32 Å². The molecule has 4 rings (SSSR count). The Bertz CT molecular complexity index is 1070. The number of ether oxygens (including phenoxy) is 2. The number of aromatic nitrogens is 2. The molecule has 0 aliphatic carbocycles. The molecule has 0 saturated carbocycles. The van der Waals surface area contributed by atoms with Gasteiger partial charge in [0.05, 0.1) is 17.9 Å². The fraction of sp³-hybridized carbons (Fsp3) is 0.217. The molecule has 152 valence electrons. The topological polar surface area (TPSA) is 90.4 Å². The molecule has 2 atom stereocenters. The van der Waals surface area contributed by atoms with E-state index in [1.165, 1.54) is 13.8 Å². The van der Waals surface area contributed by atoms with Gasteiger partial charge in [-0.25, -0.2) is 9.97 Å². The van der Waals surface area contributed by atoms with E-state index in [2.05, 4.69) is 5.32 Å². The summed E-state index contributed by atoms with van der Waals surface area (Å²) in [6.07, 6.45) is -1.54. The maximum atomic E-state index is 11.8. The molecule has 1 N–H and O–H groups in total. The molecule has 2 unspecified atom stereocenters. The van der Waals surface area contributed by atoms with Crippen molar-refractivity contribution in [2.24, 2.45) is 0 Å². The maximum Gasteiger partial charge on any atom is 0.303 e. The summed E-state index contributed by atoms with van der Waals surface area (Å²) in [6.45, 7) is 2.90. The van der Waals surface area contributed by atoms with Gasteiger partial charge in [-0.1, -0.05) is 60.7 Å². The molecule has 0 radical (unpaired) electrons. The number of hydrogen-bond donors (Lipinski definition) is 1. The molecule has 2 heterocycles. The number of carbonyl (C=O) groups is 2. The Balaban J connectivity index is 1.89. The highest BCUT2D eigenvalue weighted by molar-refractivity contribution is 5.80. The number of nitrogens with zero attached hydrogens (tertiary/aromatic N) is 2. The molecule has 0 saturated heterocycles. The summed E-state index contributed by atoms with van der Waals surface area (Å²) in [5, 5.41) is 3.17. The molecule has 0 spiro atoms. The van der Waals surface area contributed by atoms with Gasteiger partial charge in [0.25, 0.3) is 0 Å². The average Bonchev–Trinajstić information content (AvgIpc) is 2.75. The smallest absolute Gasteiger partial charge is 0.303 e. The summed E-state index contributed by atoms with van der Waals surface area (Å²) in [5.74, 6) is -0.442. The monoisotopic (exact) mass is 403 g/mol. The lowest BCUT2D eigenvalue weighted by Gasteiger charge is -2.32. The van der Waals surface area contributed by atoms with Gasteiger partial charge < -0.3 is 14.8 Å². The molecule has 1 aromatic heterocycles. The number of carbonyl (C=O) groups excluding carboxylic acids is 2. The van der Waals surface area contributed by atoms with Crippen molar-refractivity contribution in [1.82, 2.24) is 9.97 Å². The maximum absolute atomic E-state index is 11.8. The molecule has 7 heteroatoms. The first-order valence-electron chi connectivity index (χ1n) is 9.64. The molecule has 0 fully saturated rings. The standard InChI is InChI=1S/C23H21N3O4/c1-14(27)29-18-13-24-23-21(22(18)30-15(2)28)25-19(16-9-5-3-6-10-16)20(26-23)17-11-7-4-8-12-17/h3-12,18,22H,13H2,1-2H3,(H,24,26). The molecule has 1 aliphatic rings. The van der Waals surface area contributed by atoms with E-state index < -0.39 is 24.1 Å². The fourth-order valence-electron chi connectivity index (χ4n) is 3.48. The van der Waals surface area contributed by atoms with Crippen LogP contribution in [0.3, 0.4) is 0 Å². The molecule has 2 aromatic carbocycles. The first kappa shape index (κ1) is 19.6. The second kappa shape index (κ2) is 8.32. The van der Waals surface area contributed by atoms with Gasteiger partial charge >= 0.3 is 11.9 Å². The van der Waals surface area contributed by atoms with E-state index in [1.54, 1.807) is 0 Å². The number of rotatable bonds is 4. The van der Waals surface area contributed by atoms with Crippen LogP contribution in [0, 0.1) is 0 Å². The van der Waals surface area contributed by atoms with Gasteiger partial charge in [0.1, 0.15) is 5.69 Å². The van der Waals surface area contributed by atoms with E-state index in [4.69, 9.17) is 19.4 Å². The van der Waals surface area contributed by atoms with Crippen molar-refractivity contribution < 1.29 is 19.1 Å². The third-order valence-electron chi connectivity index (χ3n) is 4.71. The highest BCUT2D eigenvalue weighted by Crippen LogP contribution is 2.37. The molecule has 1 aliphatic heterocycles. The van der Waals surface area contributed by atoms with Gasteiger partial charge in [0.15, 0.2) is 18.0 Å². The first-order chi connectivity index (χ1) is 14.5. The van der Waals surface area contributed by atoms with Crippen LogP contribution in [0.1, 0.15) is 25.6 Å². The molecule has 7 nitrogen and oxygen atoms in total. The predicted octanol–water partition coefficient (Wildman–Crippen LogP) is 3.77. The normalized spacial score (nSPS) is 17.4. The van der Waals surface area contributed by atoms with Crippen molar-refractivity contribution in [3.8, 4) is 22.5 Å². The Kier molecular flexibility index (Phi) is 5.43. The number of hydrogen-bond acceptors (Lipinski definition) is 7. The molecular weight excluding hydrogens is 382 g/mol. The van der Waals surface area contributed by atoms with E-state index in [1.807, 2.05) is 60.7 Å². The average molecular weight is 403 g/mol. The van der Waals surface area contributed by atoms with Crippen LogP contribution >= 0.6 is 0 Å². The van der Waals surface area contributed by atoms with Crippen LogP contribution in [0.4, 0.5) is 5.82 Å². The molecule has 30 heavy (non-hydrogen) atoms. The van der Waals surface area contributed by atoms with E-state index in [9.17, 15) is 9.59 Å². The minimum Gasteiger partial charge on any atom is -0.456 e. The van der Waals surface area contributed by atoms with Crippen LogP contribution in [0.2, 0.25) is 0 Å². The van der Waals surface area contributed by atoms with Crippen molar-refractivity contribution in [3.05, 3.63) is 66.4 Å². The number of fused-ring (bicyclic) bond motifs is 1. The minimum absolute atomic E-state index is 0.262. The van der Waals surface area contributed by atoms with E-state index in [0.717, 1.165) is 11.1 Å². The van der Waals surface area contributed by atoms with Crippen molar-refractivity contribution in [2.45, 2.75) is 26.1 Å². The minimum atomic E-state index is -0.845. The van der Waals surface area contributed by atoms with Gasteiger partial charge in [-0.2, -0.15) is 0 Å². The Morgan fingerprint density at radius 3 is 1.90 bits per heavy atom. The summed E-state index contributed by atoms with van der Waals surface area (Å²) >= 11 is 0. The lowest BCUT2D eigenvalue weighted by Crippen LogP contribution is -2.39. The van der Waals surface area contributed by atoms with Crippen LogP contribution in [0.15, 0.2) is 60.7 Å². The van der Waals surface area contributed by atoms with Gasteiger partial charge in [-0.05, 0) is 0 Å². The van der Waals surface area contributed by atoms with Gasteiger partial charge in [-0.15, -0.1) is 0 Å². The highest BCUT2D eigenvalue weighted by atomic mass is 16.6. The summed E-state index contributed by atoms with van der Waals surface area (Å²) in [7, 11) is 0.